The molecule has 0 saturated heterocycles. The van der Waals surface area contributed by atoms with E-state index in [-0.39, 0.29) is 24.4 Å². The van der Waals surface area contributed by atoms with Gasteiger partial charge in [-0.1, -0.05) is 13.0 Å². The summed E-state index contributed by atoms with van der Waals surface area (Å²) in [4.78, 5) is 22.6. The largest absolute Gasteiger partial charge is 0.550 e. The van der Waals surface area contributed by atoms with Gasteiger partial charge in [-0.05, 0) is 86.0 Å². The van der Waals surface area contributed by atoms with Crippen molar-refractivity contribution in [3.63, 3.8) is 0 Å². The van der Waals surface area contributed by atoms with E-state index in [1.165, 1.54) is 11.1 Å². The van der Waals surface area contributed by atoms with Crippen LogP contribution in [0.25, 0.3) is 0 Å². The van der Waals surface area contributed by atoms with Crippen LogP contribution in [0.2, 0.25) is 0 Å². The number of carboxylic acid groups (broad SMARTS) is 1. The van der Waals surface area contributed by atoms with Crippen molar-refractivity contribution in [1.82, 2.24) is 0 Å². The molecule has 3 aliphatic rings. The quantitative estimate of drug-likeness (QED) is 0.823. The third kappa shape index (κ3) is 3.21. The molecule has 2 fully saturated rings. The van der Waals surface area contributed by atoms with Crippen LogP contribution in [0.4, 0.5) is 0 Å². The highest BCUT2D eigenvalue weighted by atomic mass is 16.5. The average Bonchev–Trinajstić information content (AvgIpc) is 2.96. The summed E-state index contributed by atoms with van der Waals surface area (Å²) < 4.78 is 5.74. The molecular formula is C22H27O5-. The summed E-state index contributed by atoms with van der Waals surface area (Å²) in [6, 6.07) is 5.80. The minimum absolute atomic E-state index is 0.0211. The van der Waals surface area contributed by atoms with Gasteiger partial charge in [0.15, 0.2) is 0 Å². The fourth-order valence-electron chi connectivity index (χ4n) is 6.14. The van der Waals surface area contributed by atoms with Gasteiger partial charge in [0.2, 0.25) is 0 Å². The normalized spacial score (nSPS) is 34.3. The summed E-state index contributed by atoms with van der Waals surface area (Å²) in [5.74, 6) is 0.356. The van der Waals surface area contributed by atoms with Gasteiger partial charge in [-0.3, -0.25) is 4.79 Å². The van der Waals surface area contributed by atoms with Gasteiger partial charge < -0.3 is 19.7 Å². The molecule has 0 aliphatic heterocycles. The zero-order chi connectivity index (χ0) is 19.2. The number of phenolic OH excluding ortho intramolecular Hbond substituents is 1. The molecule has 0 amide bonds. The second-order valence-corrected chi connectivity index (χ2v) is 8.77. The van der Waals surface area contributed by atoms with Crippen LogP contribution in [0.5, 0.6) is 5.75 Å². The highest BCUT2D eigenvalue weighted by Crippen LogP contribution is 2.61. The van der Waals surface area contributed by atoms with E-state index in [2.05, 4.69) is 13.0 Å². The summed E-state index contributed by atoms with van der Waals surface area (Å²) in [7, 11) is 0. The van der Waals surface area contributed by atoms with Crippen molar-refractivity contribution in [2.75, 3.05) is 0 Å². The molecule has 27 heavy (non-hydrogen) atoms. The molecule has 4 rings (SSSR count). The number of esters is 1. The van der Waals surface area contributed by atoms with Gasteiger partial charge in [0, 0.05) is 11.4 Å². The molecule has 0 heterocycles. The Morgan fingerprint density at radius 1 is 1.22 bits per heavy atom. The van der Waals surface area contributed by atoms with Crippen molar-refractivity contribution in [3.8, 4) is 5.75 Å². The highest BCUT2D eigenvalue weighted by molar-refractivity contribution is 5.75. The van der Waals surface area contributed by atoms with Crippen molar-refractivity contribution >= 4 is 11.9 Å². The van der Waals surface area contributed by atoms with Crippen LogP contribution in [0, 0.1) is 17.3 Å². The van der Waals surface area contributed by atoms with Crippen LogP contribution >= 0.6 is 0 Å². The Balaban J connectivity index is 1.49. The smallest absolute Gasteiger partial charge is 0.306 e. The van der Waals surface area contributed by atoms with Crippen molar-refractivity contribution in [2.24, 2.45) is 17.3 Å². The van der Waals surface area contributed by atoms with E-state index in [1.807, 2.05) is 6.07 Å². The maximum Gasteiger partial charge on any atom is 0.306 e. The Labute approximate surface area is 159 Å². The molecule has 5 atom stereocenters. The van der Waals surface area contributed by atoms with Gasteiger partial charge in [-0.15, -0.1) is 0 Å². The Morgan fingerprint density at radius 2 is 2.04 bits per heavy atom. The number of aromatic hydroxyl groups is 1. The van der Waals surface area contributed by atoms with E-state index >= 15 is 0 Å². The predicted molar refractivity (Wildman–Crippen MR) is 96.8 cm³/mol. The minimum Gasteiger partial charge on any atom is -0.550 e. The van der Waals surface area contributed by atoms with Crippen molar-refractivity contribution in [2.45, 2.75) is 70.3 Å². The van der Waals surface area contributed by atoms with E-state index < -0.39 is 11.9 Å². The summed E-state index contributed by atoms with van der Waals surface area (Å²) in [6.07, 6.45) is 5.62. The number of carbonyl (C=O) groups excluding carboxylic acids is 2. The first-order valence-corrected chi connectivity index (χ1v) is 10.1. The lowest BCUT2D eigenvalue weighted by Crippen LogP contribution is -2.45. The molecule has 146 valence electrons. The van der Waals surface area contributed by atoms with Crippen LogP contribution in [-0.2, 0) is 20.7 Å². The number of aliphatic carboxylic acids is 1. The number of carbonyl (C=O) groups is 2. The van der Waals surface area contributed by atoms with E-state index in [4.69, 9.17) is 4.74 Å². The number of aryl methyl sites for hydroxylation is 1. The lowest BCUT2D eigenvalue weighted by Gasteiger charge is -2.50. The topological polar surface area (TPSA) is 86.7 Å². The zero-order valence-electron chi connectivity index (χ0n) is 15.8. The summed E-state index contributed by atoms with van der Waals surface area (Å²) in [5, 5.41) is 20.4. The van der Waals surface area contributed by atoms with Gasteiger partial charge in [0.1, 0.15) is 11.9 Å². The van der Waals surface area contributed by atoms with Crippen LogP contribution in [0.15, 0.2) is 18.2 Å². The fraction of sp³-hybridized carbons (Fsp3) is 0.636. The number of rotatable bonds is 4. The van der Waals surface area contributed by atoms with Crippen LogP contribution in [0.1, 0.15) is 68.9 Å². The molecule has 5 nitrogen and oxygen atoms in total. The number of benzene rings is 1. The van der Waals surface area contributed by atoms with Crippen LogP contribution < -0.4 is 5.11 Å². The Morgan fingerprint density at radius 3 is 2.81 bits per heavy atom. The second-order valence-electron chi connectivity index (χ2n) is 8.77. The van der Waals surface area contributed by atoms with Crippen molar-refractivity contribution < 1.29 is 24.5 Å². The van der Waals surface area contributed by atoms with Crippen LogP contribution in [-0.4, -0.2) is 23.1 Å². The standard InChI is InChI=1S/C22H28O5/c1-22-11-10-16-15-5-3-14(23)12-13(15)2-4-17(16)18(22)6-7-19(22)27-21(26)9-8-20(24)25/h3,5,12,16-19,23H,2,4,6-11H2,1H3,(H,24,25)/p-1/t16-,17+,18-,19+,22+/m0/s1. The first-order valence-electron chi connectivity index (χ1n) is 10.1. The van der Waals surface area contributed by atoms with Gasteiger partial charge in [0.25, 0.3) is 0 Å². The number of carboxylic acids is 1. The molecule has 0 unspecified atom stereocenters. The maximum atomic E-state index is 12.1. The Bertz CT molecular complexity index is 757. The molecular weight excluding hydrogens is 344 g/mol. The van der Waals surface area contributed by atoms with Crippen molar-refractivity contribution in [3.05, 3.63) is 29.3 Å². The van der Waals surface area contributed by atoms with Gasteiger partial charge in [-0.2, -0.15) is 0 Å². The summed E-state index contributed by atoms with van der Waals surface area (Å²) in [5.41, 5.74) is 2.65. The second kappa shape index (κ2) is 6.84. The zero-order valence-corrected chi connectivity index (χ0v) is 15.8. The molecule has 1 aromatic carbocycles. The van der Waals surface area contributed by atoms with Crippen LogP contribution in [0.3, 0.4) is 0 Å². The first-order chi connectivity index (χ1) is 12.9. The summed E-state index contributed by atoms with van der Waals surface area (Å²) in [6.45, 7) is 2.25. The number of hydrogen-bond donors (Lipinski definition) is 1. The SMILES string of the molecule is C[C@@]12CC[C@H]3c4ccc(O)cc4CC[C@H]3[C@@H]1CC[C@H]2OC(=O)CCC(=O)[O-]. The van der Waals surface area contributed by atoms with Gasteiger partial charge in [-0.25, -0.2) is 0 Å². The fourth-order valence-corrected chi connectivity index (χ4v) is 6.14. The number of fused-ring (bicyclic) bond motifs is 5. The van der Waals surface area contributed by atoms with Gasteiger partial charge in [0.05, 0.1) is 6.42 Å². The highest BCUT2D eigenvalue weighted by Gasteiger charge is 2.56. The summed E-state index contributed by atoms with van der Waals surface area (Å²) >= 11 is 0. The average molecular weight is 371 g/mol. The molecule has 0 bridgehead atoms. The Hall–Kier alpha value is -2.04. The molecule has 1 aromatic rings. The molecule has 0 spiro atoms. The minimum atomic E-state index is -1.21. The monoisotopic (exact) mass is 371 g/mol. The van der Waals surface area contributed by atoms with E-state index in [0.717, 1.165) is 38.5 Å². The number of hydrogen-bond acceptors (Lipinski definition) is 5. The lowest BCUT2D eigenvalue weighted by molar-refractivity contribution is -0.305. The molecule has 2 saturated carbocycles. The number of ether oxygens (including phenoxy) is 1. The lowest BCUT2D eigenvalue weighted by atomic mass is 9.55. The molecule has 0 radical (unpaired) electrons. The first kappa shape index (κ1) is 18.3. The van der Waals surface area contributed by atoms with Crippen molar-refractivity contribution in [1.29, 1.82) is 0 Å². The maximum absolute atomic E-state index is 12.1. The van der Waals surface area contributed by atoms with E-state index in [1.54, 1.807) is 6.07 Å². The number of phenols is 1. The van der Waals surface area contributed by atoms with Gasteiger partial charge >= 0.3 is 5.97 Å². The molecule has 5 heteroatoms. The molecule has 0 aromatic heterocycles. The predicted octanol–water partition coefficient (Wildman–Crippen LogP) is 2.69. The van der Waals surface area contributed by atoms with E-state index in [9.17, 15) is 19.8 Å². The Kier molecular flexibility index (Phi) is 4.65. The molecule has 1 N–H and O–H groups in total. The third-order valence-corrected chi connectivity index (χ3v) is 7.43. The van der Waals surface area contributed by atoms with E-state index in [0.29, 0.717) is 23.5 Å². The third-order valence-electron chi connectivity index (χ3n) is 7.43. The molecule has 3 aliphatic carbocycles.